The normalized spacial score (nSPS) is 24.6. The van der Waals surface area contributed by atoms with E-state index in [1.165, 1.54) is 0 Å². The van der Waals surface area contributed by atoms with Gasteiger partial charge in [-0.1, -0.05) is 0 Å². The zero-order chi connectivity index (χ0) is 13.3. The Morgan fingerprint density at radius 2 is 2.21 bits per heavy atom. The predicted octanol–water partition coefficient (Wildman–Crippen LogP) is 2.02. The van der Waals surface area contributed by atoms with Crippen molar-refractivity contribution >= 4 is 0 Å². The Kier molecular flexibility index (Phi) is 3.37. The van der Waals surface area contributed by atoms with Gasteiger partial charge in [0.05, 0.1) is 12.7 Å². The van der Waals surface area contributed by atoms with E-state index in [0.717, 1.165) is 43.0 Å². The number of aliphatic hydroxyl groups excluding tert-OH is 1. The second kappa shape index (κ2) is 5.02. The van der Waals surface area contributed by atoms with Crippen molar-refractivity contribution < 1.29 is 14.6 Å². The maximum Gasteiger partial charge on any atom is 0.129 e. The highest BCUT2D eigenvalue weighted by atomic mass is 16.5. The molecule has 0 amide bonds. The summed E-state index contributed by atoms with van der Waals surface area (Å²) in [5, 5.41) is 13.7. The van der Waals surface area contributed by atoms with Crippen molar-refractivity contribution in [1.29, 1.82) is 0 Å². The minimum absolute atomic E-state index is 0.206. The lowest BCUT2D eigenvalue weighted by molar-refractivity contribution is -0.0338. The second-order valence-corrected chi connectivity index (χ2v) is 5.39. The molecule has 0 radical (unpaired) electrons. The van der Waals surface area contributed by atoms with Gasteiger partial charge in [0, 0.05) is 18.1 Å². The maximum absolute atomic E-state index is 10.4. The number of ether oxygens (including phenoxy) is 2. The number of hydrogen-bond acceptors (Lipinski definition) is 4. The Labute approximate surface area is 113 Å². The van der Waals surface area contributed by atoms with Crippen LogP contribution in [0.2, 0.25) is 0 Å². The van der Waals surface area contributed by atoms with Gasteiger partial charge in [-0.15, -0.1) is 0 Å². The molecule has 2 aliphatic heterocycles. The van der Waals surface area contributed by atoms with Crippen LogP contribution in [0.15, 0.2) is 18.2 Å². The topological polar surface area (TPSA) is 50.7 Å². The predicted molar refractivity (Wildman–Crippen MR) is 72.7 cm³/mol. The van der Waals surface area contributed by atoms with E-state index in [-0.39, 0.29) is 5.60 Å². The van der Waals surface area contributed by atoms with Crippen LogP contribution in [-0.2, 0) is 0 Å². The Morgan fingerprint density at radius 1 is 1.42 bits per heavy atom. The minimum Gasteiger partial charge on any atom is -0.494 e. The first-order valence-electron chi connectivity index (χ1n) is 7.07. The number of aliphatic hydroxyl groups is 1. The zero-order valence-corrected chi connectivity index (χ0v) is 11.3. The van der Waals surface area contributed by atoms with Crippen molar-refractivity contribution in [2.24, 2.45) is 0 Å². The van der Waals surface area contributed by atoms with Crippen molar-refractivity contribution in [2.45, 2.75) is 37.9 Å². The van der Waals surface area contributed by atoms with Crippen molar-refractivity contribution in [3.63, 3.8) is 0 Å². The number of rotatable bonds is 2. The van der Waals surface area contributed by atoms with Gasteiger partial charge in [-0.25, -0.2) is 0 Å². The summed E-state index contributed by atoms with van der Waals surface area (Å²) in [5.74, 6) is 1.59. The summed E-state index contributed by atoms with van der Waals surface area (Å²) < 4.78 is 11.7. The molecule has 2 N–H and O–H groups in total. The van der Waals surface area contributed by atoms with Crippen LogP contribution in [-0.4, -0.2) is 30.4 Å². The highest BCUT2D eigenvalue weighted by molar-refractivity contribution is 5.44. The van der Waals surface area contributed by atoms with Gasteiger partial charge in [0.25, 0.3) is 0 Å². The molecule has 2 aliphatic rings. The number of fused-ring (bicyclic) bond motifs is 1. The van der Waals surface area contributed by atoms with E-state index in [4.69, 9.17) is 9.47 Å². The largest absolute Gasteiger partial charge is 0.494 e. The zero-order valence-electron chi connectivity index (χ0n) is 11.3. The van der Waals surface area contributed by atoms with Crippen molar-refractivity contribution in [1.82, 2.24) is 5.32 Å². The van der Waals surface area contributed by atoms with Crippen LogP contribution in [0, 0.1) is 0 Å². The molecule has 3 rings (SSSR count). The highest BCUT2D eigenvalue weighted by Crippen LogP contribution is 2.44. The molecule has 1 unspecified atom stereocenters. The number of hydrogen-bond donors (Lipinski definition) is 2. The maximum atomic E-state index is 10.4. The number of benzene rings is 1. The molecule has 0 aliphatic carbocycles. The standard InChI is InChI=1S/C15H21NO3/c1-2-18-11-3-4-12-13(17)10-15(19-14(12)9-11)5-7-16-8-6-15/h3-4,9,13,16-17H,2,5-8,10H2,1H3. The molecular formula is C15H21NO3. The lowest BCUT2D eigenvalue weighted by atomic mass is 9.82. The molecule has 2 heterocycles. The minimum atomic E-state index is -0.433. The Balaban J connectivity index is 1.90. The van der Waals surface area contributed by atoms with Crippen LogP contribution in [0.5, 0.6) is 11.5 Å². The van der Waals surface area contributed by atoms with Crippen LogP contribution in [0.4, 0.5) is 0 Å². The lowest BCUT2D eigenvalue weighted by Crippen LogP contribution is -2.49. The molecule has 4 nitrogen and oxygen atoms in total. The van der Waals surface area contributed by atoms with E-state index in [1.807, 2.05) is 25.1 Å². The lowest BCUT2D eigenvalue weighted by Gasteiger charge is -2.43. The van der Waals surface area contributed by atoms with Gasteiger partial charge in [0.2, 0.25) is 0 Å². The summed E-state index contributed by atoms with van der Waals surface area (Å²) in [4.78, 5) is 0. The van der Waals surface area contributed by atoms with Crippen LogP contribution in [0.3, 0.4) is 0 Å². The molecule has 1 fully saturated rings. The third kappa shape index (κ3) is 2.42. The molecule has 1 spiro atoms. The SMILES string of the molecule is CCOc1ccc2c(c1)OC1(CCNCC1)CC2O. The van der Waals surface area contributed by atoms with Gasteiger partial charge < -0.3 is 19.9 Å². The summed E-state index contributed by atoms with van der Waals surface area (Å²) in [6.07, 6.45) is 2.15. The van der Waals surface area contributed by atoms with E-state index < -0.39 is 6.10 Å². The molecule has 1 atom stereocenters. The summed E-state index contributed by atoms with van der Waals surface area (Å²) in [7, 11) is 0. The third-order valence-electron chi connectivity index (χ3n) is 4.06. The second-order valence-electron chi connectivity index (χ2n) is 5.39. The Hall–Kier alpha value is -1.26. The summed E-state index contributed by atoms with van der Waals surface area (Å²) >= 11 is 0. The molecule has 0 bridgehead atoms. The Morgan fingerprint density at radius 3 is 2.95 bits per heavy atom. The Bertz CT molecular complexity index is 455. The highest BCUT2D eigenvalue weighted by Gasteiger charge is 2.41. The first-order valence-corrected chi connectivity index (χ1v) is 7.07. The molecule has 0 saturated carbocycles. The van der Waals surface area contributed by atoms with Crippen LogP contribution >= 0.6 is 0 Å². The van der Waals surface area contributed by atoms with E-state index in [1.54, 1.807) is 0 Å². The summed E-state index contributed by atoms with van der Waals surface area (Å²) in [6.45, 7) is 4.50. The third-order valence-corrected chi connectivity index (χ3v) is 4.06. The van der Waals surface area contributed by atoms with Gasteiger partial charge >= 0.3 is 0 Å². The average Bonchev–Trinajstić information content (AvgIpc) is 2.39. The number of piperidine rings is 1. The molecule has 1 aromatic rings. The molecule has 19 heavy (non-hydrogen) atoms. The van der Waals surface area contributed by atoms with Crippen molar-refractivity contribution in [3.8, 4) is 11.5 Å². The molecule has 104 valence electrons. The van der Waals surface area contributed by atoms with Crippen LogP contribution in [0.25, 0.3) is 0 Å². The van der Waals surface area contributed by atoms with Gasteiger partial charge in [-0.3, -0.25) is 0 Å². The van der Waals surface area contributed by atoms with Gasteiger partial charge in [-0.05, 0) is 45.0 Å². The summed E-state index contributed by atoms with van der Waals surface area (Å²) in [5.41, 5.74) is 0.676. The van der Waals surface area contributed by atoms with E-state index in [0.29, 0.717) is 13.0 Å². The molecule has 1 saturated heterocycles. The van der Waals surface area contributed by atoms with Crippen molar-refractivity contribution in [3.05, 3.63) is 23.8 Å². The monoisotopic (exact) mass is 263 g/mol. The smallest absolute Gasteiger partial charge is 0.129 e. The van der Waals surface area contributed by atoms with Gasteiger partial charge in [0.1, 0.15) is 17.1 Å². The average molecular weight is 263 g/mol. The fourth-order valence-corrected chi connectivity index (χ4v) is 3.06. The summed E-state index contributed by atoms with van der Waals surface area (Å²) in [6, 6.07) is 5.72. The van der Waals surface area contributed by atoms with E-state index in [2.05, 4.69) is 5.32 Å². The van der Waals surface area contributed by atoms with E-state index in [9.17, 15) is 5.11 Å². The first kappa shape index (κ1) is 12.8. The van der Waals surface area contributed by atoms with Crippen LogP contribution in [0.1, 0.15) is 37.9 Å². The van der Waals surface area contributed by atoms with Crippen LogP contribution < -0.4 is 14.8 Å². The van der Waals surface area contributed by atoms with E-state index >= 15 is 0 Å². The molecule has 0 aromatic heterocycles. The van der Waals surface area contributed by atoms with Gasteiger partial charge in [-0.2, -0.15) is 0 Å². The first-order chi connectivity index (χ1) is 9.22. The number of nitrogens with one attached hydrogen (secondary N) is 1. The fourth-order valence-electron chi connectivity index (χ4n) is 3.06. The molecule has 4 heteroatoms. The van der Waals surface area contributed by atoms with Gasteiger partial charge in [0.15, 0.2) is 0 Å². The fraction of sp³-hybridized carbons (Fsp3) is 0.600. The molecule has 1 aromatic carbocycles. The quantitative estimate of drug-likeness (QED) is 0.857. The molecular weight excluding hydrogens is 242 g/mol. The van der Waals surface area contributed by atoms with Crippen molar-refractivity contribution in [2.75, 3.05) is 19.7 Å².